The molecule has 1 aliphatic carbocycles. The van der Waals surface area contributed by atoms with E-state index in [0.717, 1.165) is 37.1 Å². The number of hydrogen-bond acceptors (Lipinski definition) is 3. The van der Waals surface area contributed by atoms with E-state index in [2.05, 4.69) is 12.2 Å². The Kier molecular flexibility index (Phi) is 3.98. The van der Waals surface area contributed by atoms with E-state index in [0.29, 0.717) is 0 Å². The van der Waals surface area contributed by atoms with Gasteiger partial charge in [-0.3, -0.25) is 4.79 Å². The molecule has 1 aromatic carbocycles. The van der Waals surface area contributed by atoms with Crippen molar-refractivity contribution in [3.63, 3.8) is 0 Å². The van der Waals surface area contributed by atoms with Crippen LogP contribution in [-0.2, 0) is 4.79 Å². The third kappa shape index (κ3) is 2.39. The number of benzene rings is 1. The molecule has 1 fully saturated rings. The first-order valence-corrected chi connectivity index (χ1v) is 6.85. The molecule has 2 rings (SSSR count). The molecule has 3 N–H and O–H groups in total. The second-order valence-corrected chi connectivity index (χ2v) is 5.16. The predicted molar refractivity (Wildman–Crippen MR) is 76.2 cm³/mol. The van der Waals surface area contributed by atoms with Gasteiger partial charge >= 0.3 is 0 Å². The van der Waals surface area contributed by atoms with Crippen molar-refractivity contribution in [3.05, 3.63) is 24.3 Å². The Hall–Kier alpha value is -1.71. The van der Waals surface area contributed by atoms with Crippen molar-refractivity contribution in [1.82, 2.24) is 0 Å². The molecule has 1 aliphatic rings. The number of anilines is 1. The maximum absolute atomic E-state index is 12.0. The van der Waals surface area contributed by atoms with E-state index in [4.69, 9.17) is 10.5 Å². The molecule has 1 saturated carbocycles. The lowest BCUT2D eigenvalue weighted by Crippen LogP contribution is -2.53. The van der Waals surface area contributed by atoms with Gasteiger partial charge in [0, 0.05) is 0 Å². The van der Waals surface area contributed by atoms with Gasteiger partial charge in [-0.05, 0) is 30.9 Å². The van der Waals surface area contributed by atoms with E-state index in [-0.39, 0.29) is 11.8 Å². The standard InChI is InChI=1S/C15H22N2O2/c1-3-11-7-6-10-15(11,14(16)18)17-12-8-4-5-9-13(12)19-2/h4-5,8-9,11,17H,3,6-7,10H2,1-2H3,(H2,16,18). The van der Waals surface area contributed by atoms with Crippen LogP contribution in [0.3, 0.4) is 0 Å². The summed E-state index contributed by atoms with van der Waals surface area (Å²) in [6, 6.07) is 7.64. The summed E-state index contributed by atoms with van der Waals surface area (Å²) in [7, 11) is 1.63. The Morgan fingerprint density at radius 1 is 1.53 bits per heavy atom. The molecule has 2 atom stereocenters. The van der Waals surface area contributed by atoms with Crippen LogP contribution >= 0.6 is 0 Å². The lowest BCUT2D eigenvalue weighted by molar-refractivity contribution is -0.123. The minimum Gasteiger partial charge on any atom is -0.495 e. The van der Waals surface area contributed by atoms with Crippen molar-refractivity contribution in [2.45, 2.75) is 38.1 Å². The lowest BCUT2D eigenvalue weighted by atomic mass is 9.84. The number of amides is 1. The number of nitrogens with one attached hydrogen (secondary N) is 1. The zero-order valence-electron chi connectivity index (χ0n) is 11.6. The number of ether oxygens (including phenoxy) is 1. The number of para-hydroxylation sites is 2. The fraction of sp³-hybridized carbons (Fsp3) is 0.533. The number of rotatable bonds is 5. The molecule has 1 aromatic rings. The molecular formula is C15H22N2O2. The molecule has 0 radical (unpaired) electrons. The first kappa shape index (κ1) is 13.7. The number of primary amides is 1. The Balaban J connectivity index is 2.34. The van der Waals surface area contributed by atoms with Gasteiger partial charge in [-0.1, -0.05) is 31.9 Å². The van der Waals surface area contributed by atoms with Crippen LogP contribution in [0.1, 0.15) is 32.6 Å². The summed E-state index contributed by atoms with van der Waals surface area (Å²) in [5.74, 6) is 0.766. The molecule has 4 heteroatoms. The van der Waals surface area contributed by atoms with Gasteiger partial charge in [-0.25, -0.2) is 0 Å². The lowest BCUT2D eigenvalue weighted by Gasteiger charge is -2.34. The smallest absolute Gasteiger partial charge is 0.243 e. The van der Waals surface area contributed by atoms with E-state index < -0.39 is 5.54 Å². The number of carbonyl (C=O) groups excluding carboxylic acids is 1. The first-order chi connectivity index (χ1) is 9.14. The number of methoxy groups -OCH3 is 1. The molecule has 2 unspecified atom stereocenters. The van der Waals surface area contributed by atoms with Crippen LogP contribution in [0.4, 0.5) is 5.69 Å². The van der Waals surface area contributed by atoms with Gasteiger partial charge in [0.1, 0.15) is 11.3 Å². The molecule has 0 aliphatic heterocycles. The topological polar surface area (TPSA) is 64.3 Å². The van der Waals surface area contributed by atoms with Crippen molar-refractivity contribution in [1.29, 1.82) is 0 Å². The fourth-order valence-corrected chi connectivity index (χ4v) is 3.17. The van der Waals surface area contributed by atoms with E-state index >= 15 is 0 Å². The highest BCUT2D eigenvalue weighted by molar-refractivity contribution is 5.89. The van der Waals surface area contributed by atoms with Crippen LogP contribution in [0.25, 0.3) is 0 Å². The molecule has 0 bridgehead atoms. The summed E-state index contributed by atoms with van der Waals surface area (Å²) in [6.07, 6.45) is 3.81. The summed E-state index contributed by atoms with van der Waals surface area (Å²) in [5, 5.41) is 3.37. The third-order valence-corrected chi connectivity index (χ3v) is 4.22. The Morgan fingerprint density at radius 2 is 2.26 bits per heavy atom. The van der Waals surface area contributed by atoms with Gasteiger partial charge in [-0.2, -0.15) is 0 Å². The first-order valence-electron chi connectivity index (χ1n) is 6.85. The summed E-state index contributed by atoms with van der Waals surface area (Å²) < 4.78 is 5.33. The van der Waals surface area contributed by atoms with E-state index in [1.54, 1.807) is 7.11 Å². The van der Waals surface area contributed by atoms with E-state index in [1.807, 2.05) is 24.3 Å². The van der Waals surface area contributed by atoms with Crippen molar-refractivity contribution in [2.24, 2.45) is 11.7 Å². The predicted octanol–water partition coefficient (Wildman–Crippen LogP) is 2.54. The van der Waals surface area contributed by atoms with Gasteiger partial charge in [0.2, 0.25) is 5.91 Å². The third-order valence-electron chi connectivity index (χ3n) is 4.22. The Labute approximate surface area is 114 Å². The molecule has 1 amide bonds. The summed E-state index contributed by atoms with van der Waals surface area (Å²) in [5.41, 5.74) is 5.90. The highest BCUT2D eigenvalue weighted by Crippen LogP contribution is 2.41. The number of carbonyl (C=O) groups is 1. The molecule has 19 heavy (non-hydrogen) atoms. The second-order valence-electron chi connectivity index (χ2n) is 5.16. The monoisotopic (exact) mass is 262 g/mol. The largest absolute Gasteiger partial charge is 0.495 e. The summed E-state index contributed by atoms with van der Waals surface area (Å²) in [4.78, 5) is 12.0. The van der Waals surface area contributed by atoms with Gasteiger partial charge in [0.05, 0.1) is 12.8 Å². The van der Waals surface area contributed by atoms with Crippen molar-refractivity contribution in [2.75, 3.05) is 12.4 Å². The molecule has 0 spiro atoms. The van der Waals surface area contributed by atoms with E-state index in [9.17, 15) is 4.79 Å². The van der Waals surface area contributed by atoms with Gasteiger partial charge in [0.25, 0.3) is 0 Å². The van der Waals surface area contributed by atoms with Gasteiger partial charge in [-0.15, -0.1) is 0 Å². The highest BCUT2D eigenvalue weighted by Gasteiger charge is 2.47. The van der Waals surface area contributed by atoms with Crippen LogP contribution in [0.2, 0.25) is 0 Å². The highest BCUT2D eigenvalue weighted by atomic mass is 16.5. The normalized spacial score (nSPS) is 26.1. The second kappa shape index (κ2) is 5.51. The molecule has 104 valence electrons. The minimum atomic E-state index is -0.636. The van der Waals surface area contributed by atoms with E-state index in [1.165, 1.54) is 0 Å². The minimum absolute atomic E-state index is 0.261. The SMILES string of the molecule is CCC1CCCC1(Nc1ccccc1OC)C(N)=O. The Morgan fingerprint density at radius 3 is 2.89 bits per heavy atom. The van der Waals surface area contributed by atoms with Crippen molar-refractivity contribution >= 4 is 11.6 Å². The van der Waals surface area contributed by atoms with Crippen LogP contribution in [0, 0.1) is 5.92 Å². The van der Waals surface area contributed by atoms with Crippen molar-refractivity contribution < 1.29 is 9.53 Å². The molecule has 0 aromatic heterocycles. The van der Waals surface area contributed by atoms with Crippen LogP contribution < -0.4 is 15.8 Å². The Bertz CT molecular complexity index is 461. The van der Waals surface area contributed by atoms with Crippen LogP contribution in [0.5, 0.6) is 5.75 Å². The van der Waals surface area contributed by atoms with Crippen molar-refractivity contribution in [3.8, 4) is 5.75 Å². The number of hydrogen-bond donors (Lipinski definition) is 2. The summed E-state index contributed by atoms with van der Waals surface area (Å²) in [6.45, 7) is 2.11. The maximum atomic E-state index is 12.0. The molecular weight excluding hydrogens is 240 g/mol. The van der Waals surface area contributed by atoms with Gasteiger partial charge < -0.3 is 15.8 Å². The quantitative estimate of drug-likeness (QED) is 0.857. The average Bonchev–Trinajstić information content (AvgIpc) is 2.83. The van der Waals surface area contributed by atoms with Gasteiger partial charge in [0.15, 0.2) is 0 Å². The fourth-order valence-electron chi connectivity index (χ4n) is 3.17. The maximum Gasteiger partial charge on any atom is 0.243 e. The summed E-state index contributed by atoms with van der Waals surface area (Å²) >= 11 is 0. The molecule has 4 nitrogen and oxygen atoms in total. The number of nitrogens with two attached hydrogens (primary N) is 1. The zero-order valence-corrected chi connectivity index (χ0v) is 11.6. The molecule has 0 saturated heterocycles. The van der Waals surface area contributed by atoms with Crippen LogP contribution in [0.15, 0.2) is 24.3 Å². The zero-order chi connectivity index (χ0) is 13.9. The molecule has 0 heterocycles. The average molecular weight is 262 g/mol. The van der Waals surface area contributed by atoms with Crippen LogP contribution in [-0.4, -0.2) is 18.6 Å².